The fourth-order valence-corrected chi connectivity index (χ4v) is 2.04. The summed E-state index contributed by atoms with van der Waals surface area (Å²) in [5.41, 5.74) is 0.327. The maximum absolute atomic E-state index is 11.6. The Morgan fingerprint density at radius 2 is 2.11 bits per heavy atom. The smallest absolute Gasteiger partial charge is 0.226 e. The number of nitrogens with one attached hydrogen (secondary N) is 2. The third kappa shape index (κ3) is 3.71. The summed E-state index contributed by atoms with van der Waals surface area (Å²) in [6, 6.07) is 5.50. The Kier molecular flexibility index (Phi) is 5.16. The van der Waals surface area contributed by atoms with Crippen molar-refractivity contribution in [1.82, 2.24) is 10.6 Å². The van der Waals surface area contributed by atoms with Crippen molar-refractivity contribution in [3.63, 3.8) is 0 Å². The highest BCUT2D eigenvalue weighted by Gasteiger charge is 2.25. The number of amides is 1. The predicted octanol–water partition coefficient (Wildman–Crippen LogP) is 2.02. The molecule has 0 saturated carbocycles. The lowest BCUT2D eigenvalue weighted by Gasteiger charge is -2.23. The van der Waals surface area contributed by atoms with Gasteiger partial charge in [-0.1, -0.05) is 12.1 Å². The first kappa shape index (κ1) is 15.0. The van der Waals surface area contributed by atoms with E-state index in [4.69, 9.17) is 0 Å². The highest BCUT2D eigenvalue weighted by molar-refractivity contribution is 9.10. The van der Waals surface area contributed by atoms with Crippen LogP contribution in [0.1, 0.15) is 19.4 Å². The Morgan fingerprint density at radius 3 is 2.72 bits per heavy atom. The second kappa shape index (κ2) is 6.20. The molecule has 3 N–H and O–H groups in total. The van der Waals surface area contributed by atoms with Crippen molar-refractivity contribution in [2.75, 3.05) is 13.6 Å². The third-order valence-corrected chi connectivity index (χ3v) is 3.43. The van der Waals surface area contributed by atoms with Crippen LogP contribution in [0.2, 0.25) is 0 Å². The third-order valence-electron chi connectivity index (χ3n) is 2.79. The van der Waals surface area contributed by atoms with E-state index in [1.54, 1.807) is 13.1 Å². The monoisotopic (exact) mass is 314 g/mol. The standard InChI is InChI=1S/C13H19BrN2O2/c1-13(2,12(18)15-3)8-16-7-9-5-4-6-10(14)11(9)17/h4-6,16-17H,7-8H2,1-3H3,(H,15,18). The summed E-state index contributed by atoms with van der Waals surface area (Å²) in [7, 11) is 1.63. The Labute approximate surface area is 116 Å². The van der Waals surface area contributed by atoms with Crippen LogP contribution >= 0.6 is 15.9 Å². The largest absolute Gasteiger partial charge is 0.506 e. The molecule has 0 bridgehead atoms. The molecule has 0 aliphatic rings. The minimum Gasteiger partial charge on any atom is -0.506 e. The van der Waals surface area contributed by atoms with Crippen molar-refractivity contribution in [3.8, 4) is 5.75 Å². The summed E-state index contributed by atoms with van der Waals surface area (Å²) < 4.78 is 0.673. The first-order valence-electron chi connectivity index (χ1n) is 5.77. The first-order valence-corrected chi connectivity index (χ1v) is 6.57. The number of para-hydroxylation sites is 1. The van der Waals surface area contributed by atoms with Gasteiger partial charge in [0.2, 0.25) is 5.91 Å². The Balaban J connectivity index is 2.57. The van der Waals surface area contributed by atoms with Crippen molar-refractivity contribution < 1.29 is 9.90 Å². The topological polar surface area (TPSA) is 61.4 Å². The van der Waals surface area contributed by atoms with Gasteiger partial charge in [-0.3, -0.25) is 4.79 Å². The molecule has 100 valence electrons. The molecular weight excluding hydrogens is 296 g/mol. The molecule has 1 amide bonds. The lowest BCUT2D eigenvalue weighted by atomic mass is 9.92. The molecule has 0 unspecified atom stereocenters. The molecule has 0 spiro atoms. The Bertz CT molecular complexity index is 433. The van der Waals surface area contributed by atoms with Gasteiger partial charge in [-0.15, -0.1) is 0 Å². The summed E-state index contributed by atoms with van der Waals surface area (Å²) in [6.07, 6.45) is 0. The van der Waals surface area contributed by atoms with Crippen LogP contribution in [0.5, 0.6) is 5.75 Å². The number of aromatic hydroxyl groups is 1. The number of phenolic OH excluding ortho intramolecular Hbond substituents is 1. The quantitative estimate of drug-likeness (QED) is 0.779. The van der Waals surface area contributed by atoms with E-state index in [1.165, 1.54) is 0 Å². The number of carbonyl (C=O) groups is 1. The molecule has 0 fully saturated rings. The molecule has 1 aromatic carbocycles. The van der Waals surface area contributed by atoms with E-state index in [-0.39, 0.29) is 11.7 Å². The van der Waals surface area contributed by atoms with E-state index in [0.717, 1.165) is 5.56 Å². The fourth-order valence-electron chi connectivity index (χ4n) is 1.63. The van der Waals surface area contributed by atoms with Gasteiger partial charge < -0.3 is 15.7 Å². The van der Waals surface area contributed by atoms with Gasteiger partial charge in [-0.05, 0) is 35.8 Å². The van der Waals surface area contributed by atoms with Gasteiger partial charge in [0.15, 0.2) is 0 Å². The summed E-state index contributed by atoms with van der Waals surface area (Å²) in [5, 5.41) is 15.6. The van der Waals surface area contributed by atoms with Crippen LogP contribution in [-0.2, 0) is 11.3 Å². The zero-order chi connectivity index (χ0) is 13.8. The number of hydrogen-bond donors (Lipinski definition) is 3. The van der Waals surface area contributed by atoms with Gasteiger partial charge in [-0.25, -0.2) is 0 Å². The van der Waals surface area contributed by atoms with Gasteiger partial charge >= 0.3 is 0 Å². The molecule has 0 atom stereocenters. The average Bonchev–Trinajstić information content (AvgIpc) is 2.33. The average molecular weight is 315 g/mol. The molecule has 4 nitrogen and oxygen atoms in total. The lowest BCUT2D eigenvalue weighted by Crippen LogP contribution is -2.41. The van der Waals surface area contributed by atoms with Crippen LogP contribution in [0.25, 0.3) is 0 Å². The first-order chi connectivity index (χ1) is 8.38. The van der Waals surface area contributed by atoms with Gasteiger partial charge in [-0.2, -0.15) is 0 Å². The van der Waals surface area contributed by atoms with Crippen LogP contribution in [0.15, 0.2) is 22.7 Å². The van der Waals surface area contributed by atoms with E-state index in [1.807, 2.05) is 26.0 Å². The van der Waals surface area contributed by atoms with Gasteiger partial charge in [0, 0.05) is 25.7 Å². The van der Waals surface area contributed by atoms with Crippen molar-refractivity contribution in [1.29, 1.82) is 0 Å². The fraction of sp³-hybridized carbons (Fsp3) is 0.462. The molecule has 0 aromatic heterocycles. The van der Waals surface area contributed by atoms with Crippen molar-refractivity contribution >= 4 is 21.8 Å². The van der Waals surface area contributed by atoms with Gasteiger partial charge in [0.25, 0.3) is 0 Å². The van der Waals surface area contributed by atoms with Crippen LogP contribution in [0.3, 0.4) is 0 Å². The summed E-state index contributed by atoms with van der Waals surface area (Å²) >= 11 is 3.27. The SMILES string of the molecule is CNC(=O)C(C)(C)CNCc1cccc(Br)c1O. The van der Waals surface area contributed by atoms with Gasteiger partial charge in [0.1, 0.15) is 5.75 Å². The van der Waals surface area contributed by atoms with Crippen LogP contribution in [-0.4, -0.2) is 24.6 Å². The maximum atomic E-state index is 11.6. The highest BCUT2D eigenvalue weighted by atomic mass is 79.9. The van der Waals surface area contributed by atoms with Crippen LogP contribution in [0, 0.1) is 5.41 Å². The van der Waals surface area contributed by atoms with Crippen molar-refractivity contribution in [2.24, 2.45) is 5.41 Å². The number of phenols is 1. The normalized spacial score (nSPS) is 11.3. The van der Waals surface area contributed by atoms with Crippen molar-refractivity contribution in [2.45, 2.75) is 20.4 Å². The lowest BCUT2D eigenvalue weighted by molar-refractivity contribution is -0.128. The van der Waals surface area contributed by atoms with Crippen LogP contribution in [0.4, 0.5) is 0 Å². The predicted molar refractivity (Wildman–Crippen MR) is 75.4 cm³/mol. The zero-order valence-corrected chi connectivity index (χ0v) is 12.5. The molecule has 1 aromatic rings. The second-order valence-electron chi connectivity index (χ2n) is 4.81. The van der Waals surface area contributed by atoms with E-state index in [9.17, 15) is 9.90 Å². The molecule has 0 saturated heterocycles. The summed E-state index contributed by atoms with van der Waals surface area (Å²) in [6.45, 7) is 4.81. The maximum Gasteiger partial charge on any atom is 0.226 e. The van der Waals surface area contributed by atoms with E-state index in [0.29, 0.717) is 17.6 Å². The molecule has 0 radical (unpaired) electrons. The summed E-state index contributed by atoms with van der Waals surface area (Å²) in [5.74, 6) is 0.233. The van der Waals surface area contributed by atoms with E-state index in [2.05, 4.69) is 26.6 Å². The number of rotatable bonds is 5. The van der Waals surface area contributed by atoms with E-state index < -0.39 is 5.41 Å². The number of hydrogen-bond acceptors (Lipinski definition) is 3. The molecular formula is C13H19BrN2O2. The second-order valence-corrected chi connectivity index (χ2v) is 5.67. The molecule has 5 heteroatoms. The zero-order valence-electron chi connectivity index (χ0n) is 10.9. The minimum atomic E-state index is -0.476. The Hall–Kier alpha value is -1.07. The molecule has 18 heavy (non-hydrogen) atoms. The number of carbonyl (C=O) groups excluding carboxylic acids is 1. The van der Waals surface area contributed by atoms with Crippen LogP contribution < -0.4 is 10.6 Å². The summed E-state index contributed by atoms with van der Waals surface area (Å²) in [4.78, 5) is 11.6. The van der Waals surface area contributed by atoms with Crippen molar-refractivity contribution in [3.05, 3.63) is 28.2 Å². The van der Waals surface area contributed by atoms with Gasteiger partial charge in [0.05, 0.1) is 9.89 Å². The molecule has 0 aliphatic heterocycles. The Morgan fingerprint density at radius 1 is 1.44 bits per heavy atom. The minimum absolute atomic E-state index is 0.00605. The molecule has 0 aliphatic carbocycles. The molecule has 0 heterocycles. The number of benzene rings is 1. The molecule has 1 rings (SSSR count). The number of halogens is 1. The van der Waals surface area contributed by atoms with E-state index >= 15 is 0 Å². The highest BCUT2D eigenvalue weighted by Crippen LogP contribution is 2.27.